The lowest BCUT2D eigenvalue weighted by Crippen LogP contribution is -2.37. The van der Waals surface area contributed by atoms with Gasteiger partial charge in [0.25, 0.3) is 0 Å². The molecule has 1 aliphatic heterocycles. The molecule has 1 heterocycles. The highest BCUT2D eigenvalue weighted by Gasteiger charge is 2.50. The minimum Gasteiger partial charge on any atom is -0.460 e. The number of alkyl halides is 3. The van der Waals surface area contributed by atoms with Crippen LogP contribution < -0.4 is 5.32 Å². The molecule has 0 aromatic heterocycles. The van der Waals surface area contributed by atoms with Crippen molar-refractivity contribution in [2.45, 2.75) is 32.5 Å². The van der Waals surface area contributed by atoms with Gasteiger partial charge in [0.2, 0.25) is 0 Å². The van der Waals surface area contributed by atoms with E-state index in [-0.39, 0.29) is 13.1 Å². The summed E-state index contributed by atoms with van der Waals surface area (Å²) in [5.74, 6) is -3.54. The van der Waals surface area contributed by atoms with Gasteiger partial charge in [0.15, 0.2) is 0 Å². The largest absolute Gasteiger partial charge is 0.460 e. The molecule has 0 amide bonds. The second-order valence-corrected chi connectivity index (χ2v) is 4.95. The van der Waals surface area contributed by atoms with E-state index in [9.17, 15) is 18.0 Å². The highest BCUT2D eigenvalue weighted by molar-refractivity contribution is 5.74. The molecule has 0 aromatic rings. The Morgan fingerprint density at radius 3 is 2.25 bits per heavy atom. The van der Waals surface area contributed by atoms with E-state index in [0.29, 0.717) is 0 Å². The molecule has 1 aliphatic rings. The van der Waals surface area contributed by atoms with Crippen LogP contribution in [0, 0.1) is 11.8 Å². The first-order valence-electron chi connectivity index (χ1n) is 5.11. The van der Waals surface area contributed by atoms with E-state index in [1.807, 2.05) is 0 Å². The predicted octanol–water partition coefficient (Wildman–Crippen LogP) is 1.73. The van der Waals surface area contributed by atoms with E-state index < -0.39 is 29.6 Å². The van der Waals surface area contributed by atoms with Crippen molar-refractivity contribution in [3.63, 3.8) is 0 Å². The molecule has 1 rings (SSSR count). The first kappa shape index (κ1) is 13.3. The number of hydrogen-bond donors (Lipinski definition) is 1. The number of ether oxygens (including phenoxy) is 1. The van der Waals surface area contributed by atoms with Crippen LogP contribution >= 0.6 is 0 Å². The maximum atomic E-state index is 12.6. The molecule has 2 atom stereocenters. The number of esters is 1. The number of hydrogen-bond acceptors (Lipinski definition) is 3. The Balaban J connectivity index is 2.69. The molecule has 0 aromatic carbocycles. The number of carbonyl (C=O) groups is 1. The zero-order valence-corrected chi connectivity index (χ0v) is 9.52. The summed E-state index contributed by atoms with van der Waals surface area (Å²) in [6.07, 6.45) is -4.36. The van der Waals surface area contributed by atoms with Crippen LogP contribution in [-0.2, 0) is 9.53 Å². The topological polar surface area (TPSA) is 38.3 Å². The van der Waals surface area contributed by atoms with Gasteiger partial charge in [0.05, 0.1) is 11.8 Å². The van der Waals surface area contributed by atoms with Crippen LogP contribution in [0.2, 0.25) is 0 Å². The summed E-state index contributed by atoms with van der Waals surface area (Å²) in [4.78, 5) is 11.6. The SMILES string of the molecule is CC(C)(C)OC(=O)[C@@H]1CNC[C@@H]1C(F)(F)F. The molecular weight excluding hydrogens is 223 g/mol. The summed E-state index contributed by atoms with van der Waals surface area (Å²) in [5, 5.41) is 2.57. The second-order valence-electron chi connectivity index (χ2n) is 4.95. The van der Waals surface area contributed by atoms with Gasteiger partial charge in [-0.15, -0.1) is 0 Å². The summed E-state index contributed by atoms with van der Waals surface area (Å²) in [5.41, 5.74) is -0.754. The lowest BCUT2D eigenvalue weighted by Gasteiger charge is -2.25. The van der Waals surface area contributed by atoms with Crippen molar-refractivity contribution in [3.8, 4) is 0 Å². The maximum absolute atomic E-state index is 12.6. The van der Waals surface area contributed by atoms with Crippen molar-refractivity contribution in [1.29, 1.82) is 0 Å². The lowest BCUT2D eigenvalue weighted by molar-refractivity contribution is -0.194. The first-order valence-corrected chi connectivity index (χ1v) is 5.11. The van der Waals surface area contributed by atoms with Crippen LogP contribution in [0.1, 0.15) is 20.8 Å². The molecule has 0 saturated carbocycles. The van der Waals surface area contributed by atoms with Gasteiger partial charge in [-0.25, -0.2) is 0 Å². The molecule has 0 aliphatic carbocycles. The van der Waals surface area contributed by atoms with Gasteiger partial charge in [-0.3, -0.25) is 4.79 Å². The van der Waals surface area contributed by atoms with Crippen LogP contribution in [0.25, 0.3) is 0 Å². The van der Waals surface area contributed by atoms with Crippen molar-refractivity contribution in [1.82, 2.24) is 5.32 Å². The zero-order chi connectivity index (χ0) is 12.6. The van der Waals surface area contributed by atoms with Gasteiger partial charge in [-0.2, -0.15) is 13.2 Å². The van der Waals surface area contributed by atoms with Crippen LogP contribution in [-0.4, -0.2) is 30.8 Å². The van der Waals surface area contributed by atoms with Crippen LogP contribution in [0.3, 0.4) is 0 Å². The second kappa shape index (κ2) is 4.24. The summed E-state index contributed by atoms with van der Waals surface area (Å²) in [6.45, 7) is 4.72. The van der Waals surface area contributed by atoms with Gasteiger partial charge < -0.3 is 10.1 Å². The Morgan fingerprint density at radius 1 is 1.25 bits per heavy atom. The molecule has 0 unspecified atom stereocenters. The molecule has 6 heteroatoms. The van der Waals surface area contributed by atoms with Crippen molar-refractivity contribution in [2.75, 3.05) is 13.1 Å². The van der Waals surface area contributed by atoms with E-state index in [1.165, 1.54) is 0 Å². The van der Waals surface area contributed by atoms with Gasteiger partial charge in [0.1, 0.15) is 5.60 Å². The van der Waals surface area contributed by atoms with Crippen LogP contribution in [0.15, 0.2) is 0 Å². The molecule has 1 fully saturated rings. The molecule has 0 spiro atoms. The standard InChI is InChI=1S/C10H16F3NO2/c1-9(2,3)16-8(15)6-4-14-5-7(6)10(11,12)13/h6-7,14H,4-5H2,1-3H3/t6-,7+/m1/s1. The third-order valence-corrected chi connectivity index (χ3v) is 2.34. The predicted molar refractivity (Wildman–Crippen MR) is 51.7 cm³/mol. The molecule has 3 nitrogen and oxygen atoms in total. The quantitative estimate of drug-likeness (QED) is 0.708. The average molecular weight is 239 g/mol. The molecule has 1 saturated heterocycles. The van der Waals surface area contributed by atoms with E-state index in [4.69, 9.17) is 4.74 Å². The van der Waals surface area contributed by atoms with Gasteiger partial charge in [-0.1, -0.05) is 0 Å². The third kappa shape index (κ3) is 3.37. The van der Waals surface area contributed by atoms with E-state index in [2.05, 4.69) is 5.32 Å². The minimum absolute atomic E-state index is 0.0269. The molecule has 0 radical (unpaired) electrons. The number of nitrogens with one attached hydrogen (secondary N) is 1. The molecule has 0 bridgehead atoms. The lowest BCUT2D eigenvalue weighted by atomic mass is 9.95. The van der Waals surface area contributed by atoms with Gasteiger partial charge in [-0.05, 0) is 20.8 Å². The van der Waals surface area contributed by atoms with Crippen molar-refractivity contribution >= 4 is 5.97 Å². The normalized spacial score (nSPS) is 26.9. The number of rotatable bonds is 1. The fraction of sp³-hybridized carbons (Fsp3) is 0.900. The third-order valence-electron chi connectivity index (χ3n) is 2.34. The van der Waals surface area contributed by atoms with Gasteiger partial charge >= 0.3 is 12.1 Å². The van der Waals surface area contributed by atoms with E-state index >= 15 is 0 Å². The molecular formula is C10H16F3NO2. The summed E-state index contributed by atoms with van der Waals surface area (Å²) >= 11 is 0. The average Bonchev–Trinajstić information content (AvgIpc) is 2.45. The first-order chi connectivity index (χ1) is 7.11. The maximum Gasteiger partial charge on any atom is 0.393 e. The molecule has 1 N–H and O–H groups in total. The van der Waals surface area contributed by atoms with E-state index in [0.717, 1.165) is 0 Å². The van der Waals surface area contributed by atoms with Crippen LogP contribution in [0.4, 0.5) is 13.2 Å². The molecule has 16 heavy (non-hydrogen) atoms. The summed E-state index contributed by atoms with van der Waals surface area (Å²) in [7, 11) is 0. The smallest absolute Gasteiger partial charge is 0.393 e. The van der Waals surface area contributed by atoms with Crippen molar-refractivity contribution in [2.24, 2.45) is 11.8 Å². The Hall–Kier alpha value is -0.780. The Kier molecular flexibility index (Phi) is 3.52. The monoisotopic (exact) mass is 239 g/mol. The fourth-order valence-corrected chi connectivity index (χ4v) is 1.65. The summed E-state index contributed by atoms with van der Waals surface area (Å²) in [6, 6.07) is 0. The van der Waals surface area contributed by atoms with Crippen molar-refractivity contribution in [3.05, 3.63) is 0 Å². The Morgan fingerprint density at radius 2 is 1.81 bits per heavy atom. The minimum atomic E-state index is -4.36. The fourth-order valence-electron chi connectivity index (χ4n) is 1.65. The summed E-state index contributed by atoms with van der Waals surface area (Å²) < 4.78 is 42.6. The highest BCUT2D eigenvalue weighted by atomic mass is 19.4. The number of carbonyl (C=O) groups excluding carboxylic acids is 1. The number of halogens is 3. The Labute approximate surface area is 92.3 Å². The van der Waals surface area contributed by atoms with Crippen LogP contribution in [0.5, 0.6) is 0 Å². The highest BCUT2D eigenvalue weighted by Crippen LogP contribution is 2.35. The van der Waals surface area contributed by atoms with Crippen molar-refractivity contribution < 1.29 is 22.7 Å². The zero-order valence-electron chi connectivity index (χ0n) is 9.52. The molecule has 94 valence electrons. The van der Waals surface area contributed by atoms with E-state index in [1.54, 1.807) is 20.8 Å². The Bertz CT molecular complexity index is 270. The van der Waals surface area contributed by atoms with Gasteiger partial charge in [0, 0.05) is 13.1 Å².